The van der Waals surface area contributed by atoms with Crippen LogP contribution in [-0.4, -0.2) is 55.6 Å². The van der Waals surface area contributed by atoms with Crippen LogP contribution in [0.25, 0.3) is 0 Å². The molecule has 3 rings (SSSR count). The summed E-state index contributed by atoms with van der Waals surface area (Å²) in [4.78, 5) is 12.1. The van der Waals surface area contributed by atoms with Gasteiger partial charge in [0.2, 0.25) is 5.91 Å². The number of carbonyl (C=O) groups is 1. The van der Waals surface area contributed by atoms with Gasteiger partial charge in [-0.3, -0.25) is 4.79 Å². The van der Waals surface area contributed by atoms with Gasteiger partial charge in [-0.2, -0.15) is 0 Å². The lowest BCUT2D eigenvalue weighted by Gasteiger charge is -2.30. The van der Waals surface area contributed by atoms with Crippen molar-refractivity contribution < 1.29 is 32.2 Å². The predicted octanol–water partition coefficient (Wildman–Crippen LogP) is 1.56. The van der Waals surface area contributed by atoms with Gasteiger partial charge >= 0.3 is 0 Å². The Kier molecular flexibility index (Phi) is 8.75. The molecule has 0 saturated carbocycles. The first-order valence-corrected chi connectivity index (χ1v) is 13.0. The first-order chi connectivity index (χ1) is 16.1. The van der Waals surface area contributed by atoms with Crippen molar-refractivity contribution in [2.24, 2.45) is 0 Å². The molecule has 186 valence electrons. The molecule has 1 aliphatic rings. The van der Waals surface area contributed by atoms with Crippen molar-refractivity contribution >= 4 is 15.7 Å². The number of halogens is 2. The van der Waals surface area contributed by atoms with E-state index in [1.54, 1.807) is 0 Å². The third kappa shape index (κ3) is 7.05. The Morgan fingerprint density at radius 1 is 1.15 bits per heavy atom. The molecule has 1 heterocycles. The van der Waals surface area contributed by atoms with Crippen LogP contribution in [0.2, 0.25) is 0 Å². The van der Waals surface area contributed by atoms with Crippen molar-refractivity contribution in [3.05, 3.63) is 70.3 Å². The van der Waals surface area contributed by atoms with Crippen LogP contribution < -0.4 is 10.6 Å². The number of aliphatic hydroxyl groups excluding tert-OH is 2. The number of hydrogen-bond donors (Lipinski definition) is 4. The molecule has 0 aromatic heterocycles. The van der Waals surface area contributed by atoms with Crippen molar-refractivity contribution in [3.8, 4) is 0 Å². The zero-order valence-electron chi connectivity index (χ0n) is 18.9. The van der Waals surface area contributed by atoms with Gasteiger partial charge in [0.05, 0.1) is 30.3 Å². The Balaban J connectivity index is 1.78. The Hall–Kier alpha value is -2.40. The Morgan fingerprint density at radius 3 is 2.50 bits per heavy atom. The van der Waals surface area contributed by atoms with Gasteiger partial charge in [0.1, 0.15) is 11.6 Å². The number of aryl methyl sites for hydroxylation is 1. The maximum atomic E-state index is 13.6. The molecular weight excluding hydrogens is 466 g/mol. The molecule has 4 N–H and O–H groups in total. The number of benzene rings is 2. The van der Waals surface area contributed by atoms with Gasteiger partial charge in [0.25, 0.3) is 0 Å². The van der Waals surface area contributed by atoms with E-state index in [4.69, 9.17) is 5.11 Å². The van der Waals surface area contributed by atoms with E-state index in [0.717, 1.165) is 35.7 Å². The third-order valence-electron chi connectivity index (χ3n) is 5.89. The maximum Gasteiger partial charge on any atom is 0.222 e. The molecule has 7 nitrogen and oxygen atoms in total. The van der Waals surface area contributed by atoms with Gasteiger partial charge in [-0.05, 0) is 47.2 Å². The molecule has 34 heavy (non-hydrogen) atoms. The highest BCUT2D eigenvalue weighted by Crippen LogP contribution is 2.29. The number of nitrogens with one attached hydrogen (secondary N) is 2. The molecular formula is C24H30F2N2O5S. The molecule has 0 fully saturated rings. The quantitative estimate of drug-likeness (QED) is 0.397. The molecule has 0 radical (unpaired) electrons. The van der Waals surface area contributed by atoms with E-state index in [0.29, 0.717) is 5.56 Å². The van der Waals surface area contributed by atoms with E-state index in [9.17, 15) is 27.1 Å². The van der Waals surface area contributed by atoms with Crippen LogP contribution in [0.1, 0.15) is 41.6 Å². The fraction of sp³-hybridized carbons (Fsp3) is 0.458. The largest absolute Gasteiger partial charge is 0.396 e. The summed E-state index contributed by atoms with van der Waals surface area (Å²) in [5.74, 6) is -2.26. The van der Waals surface area contributed by atoms with E-state index in [2.05, 4.69) is 10.6 Å². The highest BCUT2D eigenvalue weighted by atomic mass is 32.2. The zero-order chi connectivity index (χ0) is 24.9. The van der Waals surface area contributed by atoms with Crippen molar-refractivity contribution in [2.75, 3.05) is 18.9 Å². The molecule has 1 amide bonds. The Morgan fingerprint density at radius 2 is 1.85 bits per heavy atom. The average Bonchev–Trinajstić information content (AvgIpc) is 2.75. The van der Waals surface area contributed by atoms with Gasteiger partial charge in [0, 0.05) is 25.1 Å². The summed E-state index contributed by atoms with van der Waals surface area (Å²) >= 11 is 0. The second-order valence-corrected chi connectivity index (χ2v) is 10.7. The average molecular weight is 497 g/mol. The molecule has 0 saturated heterocycles. The number of rotatable bonds is 10. The first-order valence-electron chi connectivity index (χ1n) is 11.2. The number of hydrogen-bond acceptors (Lipinski definition) is 6. The number of aliphatic hydroxyl groups is 2. The number of amides is 1. The monoisotopic (exact) mass is 496 g/mol. The van der Waals surface area contributed by atoms with E-state index in [1.165, 1.54) is 0 Å². The summed E-state index contributed by atoms with van der Waals surface area (Å²) in [7, 11) is -3.34. The second-order valence-electron chi connectivity index (χ2n) is 8.60. The highest BCUT2D eigenvalue weighted by Gasteiger charge is 2.31. The van der Waals surface area contributed by atoms with E-state index in [1.807, 2.05) is 25.1 Å². The normalized spacial score (nSPS) is 18.7. The molecule has 0 spiro atoms. The van der Waals surface area contributed by atoms with Gasteiger partial charge in [-0.1, -0.05) is 25.1 Å². The van der Waals surface area contributed by atoms with Gasteiger partial charge in [-0.25, -0.2) is 17.2 Å². The van der Waals surface area contributed by atoms with Crippen molar-refractivity contribution in [1.82, 2.24) is 10.6 Å². The molecule has 3 atom stereocenters. The first kappa shape index (κ1) is 26.2. The summed E-state index contributed by atoms with van der Waals surface area (Å²) in [6, 6.07) is 7.17. The van der Waals surface area contributed by atoms with Crippen molar-refractivity contribution in [3.63, 3.8) is 0 Å². The number of fused-ring (bicyclic) bond motifs is 1. The van der Waals surface area contributed by atoms with Gasteiger partial charge in [0.15, 0.2) is 9.84 Å². The summed E-state index contributed by atoms with van der Waals surface area (Å²) in [6.45, 7) is 1.54. The van der Waals surface area contributed by atoms with Crippen LogP contribution in [0.4, 0.5) is 8.78 Å². The summed E-state index contributed by atoms with van der Waals surface area (Å²) in [5, 5.41) is 25.6. The van der Waals surface area contributed by atoms with Crippen LogP contribution in [-0.2, 0) is 33.2 Å². The van der Waals surface area contributed by atoms with Crippen LogP contribution in [0, 0.1) is 11.6 Å². The minimum atomic E-state index is -3.34. The fourth-order valence-electron chi connectivity index (χ4n) is 4.18. The number of sulfone groups is 1. The van der Waals surface area contributed by atoms with E-state index >= 15 is 0 Å². The van der Waals surface area contributed by atoms with Crippen LogP contribution in [0.15, 0.2) is 36.4 Å². The lowest BCUT2D eigenvalue weighted by atomic mass is 9.97. The van der Waals surface area contributed by atoms with Crippen LogP contribution >= 0.6 is 0 Å². The third-order valence-corrected chi connectivity index (χ3v) is 7.48. The molecule has 2 aromatic rings. The molecule has 0 bridgehead atoms. The van der Waals surface area contributed by atoms with Crippen LogP contribution in [0.3, 0.4) is 0 Å². The molecule has 1 aliphatic heterocycles. The maximum absolute atomic E-state index is 13.6. The SMILES string of the molecule is CCc1ccc2c(c1)[C@@H](NC[C@@H](O)[C@H](Cc1cc(F)cc(F)c1)NC(=O)CCO)CS(=O)(=O)C2. The minimum absolute atomic E-state index is 0.0436. The highest BCUT2D eigenvalue weighted by molar-refractivity contribution is 7.90. The molecule has 10 heteroatoms. The van der Waals surface area contributed by atoms with Crippen molar-refractivity contribution in [1.29, 1.82) is 0 Å². The Labute approximate surface area is 198 Å². The Bertz CT molecular complexity index is 1110. The zero-order valence-corrected chi connectivity index (χ0v) is 19.7. The lowest BCUT2D eigenvalue weighted by molar-refractivity contribution is -0.123. The van der Waals surface area contributed by atoms with E-state index < -0.39 is 52.2 Å². The predicted molar refractivity (Wildman–Crippen MR) is 124 cm³/mol. The van der Waals surface area contributed by atoms with Gasteiger partial charge < -0.3 is 20.8 Å². The molecule has 2 aromatic carbocycles. The summed E-state index contributed by atoms with van der Waals surface area (Å²) in [5.41, 5.74) is 2.87. The smallest absolute Gasteiger partial charge is 0.222 e. The van der Waals surface area contributed by atoms with Crippen LogP contribution in [0.5, 0.6) is 0 Å². The summed E-state index contributed by atoms with van der Waals surface area (Å²) in [6.07, 6.45) is -0.661. The number of carbonyl (C=O) groups excluding carboxylic acids is 1. The van der Waals surface area contributed by atoms with Gasteiger partial charge in [-0.15, -0.1) is 0 Å². The standard InChI is InChI=1S/C24H30F2N2O5S/c1-2-15-3-4-17-13-34(32,33)14-22(20(17)9-15)27-12-23(30)21(28-24(31)5-6-29)10-16-7-18(25)11-19(26)8-16/h3-4,7-9,11,21-23,27,29-30H,2,5-6,10,12-14H2,1H3,(H,28,31)/t21-,22-,23+/m0/s1. The second kappa shape index (κ2) is 11.4. The summed E-state index contributed by atoms with van der Waals surface area (Å²) < 4.78 is 52.1. The topological polar surface area (TPSA) is 116 Å². The fourth-order valence-corrected chi connectivity index (χ4v) is 5.84. The van der Waals surface area contributed by atoms with E-state index in [-0.39, 0.29) is 36.5 Å². The molecule has 0 aliphatic carbocycles. The molecule has 0 unspecified atom stereocenters. The minimum Gasteiger partial charge on any atom is -0.396 e. The lowest BCUT2D eigenvalue weighted by Crippen LogP contribution is -2.50. The van der Waals surface area contributed by atoms with Crippen molar-refractivity contribution in [2.45, 2.75) is 50.1 Å².